The molecule has 0 unspecified atom stereocenters. The average Bonchev–Trinajstić information content (AvgIpc) is 3.22. The Morgan fingerprint density at radius 3 is 2.24 bits per heavy atom. The number of carbonyl (C=O) groups excluding carboxylic acids is 2. The van der Waals surface area contributed by atoms with E-state index in [0.717, 1.165) is 16.8 Å². The highest BCUT2D eigenvalue weighted by Crippen LogP contribution is 2.45. The van der Waals surface area contributed by atoms with E-state index in [1.54, 1.807) is 0 Å². The molecule has 6 heteroatoms. The van der Waals surface area contributed by atoms with Gasteiger partial charge in [0.15, 0.2) is 0 Å². The molecule has 0 radical (unpaired) electrons. The lowest BCUT2D eigenvalue weighted by Crippen LogP contribution is -2.41. The lowest BCUT2D eigenvalue weighted by Gasteiger charge is -2.13. The molecule has 21 heavy (non-hydrogen) atoms. The van der Waals surface area contributed by atoms with Gasteiger partial charge in [0.2, 0.25) is 11.8 Å². The minimum atomic E-state index is -1.32. The minimum absolute atomic E-state index is 0.234. The zero-order chi connectivity index (χ0) is 15.6. The topological polar surface area (TPSA) is 95.5 Å². The number of carbonyl (C=O) groups is 3. The summed E-state index contributed by atoms with van der Waals surface area (Å²) in [6, 6.07) is 5.65. The second kappa shape index (κ2) is 5.55. The highest BCUT2D eigenvalue weighted by Gasteiger charge is 2.57. The molecule has 0 spiro atoms. The maximum atomic E-state index is 11.9. The van der Waals surface area contributed by atoms with Crippen molar-refractivity contribution in [3.63, 3.8) is 0 Å². The van der Waals surface area contributed by atoms with E-state index in [1.165, 1.54) is 0 Å². The molecule has 1 saturated carbocycles. The van der Waals surface area contributed by atoms with Crippen LogP contribution in [0.2, 0.25) is 0 Å². The van der Waals surface area contributed by atoms with Crippen LogP contribution in [0.1, 0.15) is 24.0 Å². The summed E-state index contributed by atoms with van der Waals surface area (Å²) < 4.78 is 0. The molecule has 0 bridgehead atoms. The first-order valence-corrected chi connectivity index (χ1v) is 6.74. The third-order valence-corrected chi connectivity index (χ3v) is 3.75. The third kappa shape index (κ3) is 3.04. The molecule has 112 valence electrons. The molecule has 0 atom stereocenters. The average molecular weight is 290 g/mol. The van der Waals surface area contributed by atoms with Gasteiger partial charge in [-0.25, -0.2) is 0 Å². The molecule has 0 heterocycles. The number of carboxylic acids is 1. The smallest absolute Gasteiger partial charge is 0.319 e. The van der Waals surface area contributed by atoms with Gasteiger partial charge in [-0.1, -0.05) is 18.2 Å². The SMILES string of the molecule is Cc1cccc(C)c1NC(=O)CNC(=O)C1(C(=O)O)CC1. The van der Waals surface area contributed by atoms with Crippen LogP contribution in [0.3, 0.4) is 0 Å². The van der Waals surface area contributed by atoms with Crippen molar-refractivity contribution in [3.05, 3.63) is 29.3 Å². The fourth-order valence-electron chi connectivity index (χ4n) is 2.19. The number of nitrogens with one attached hydrogen (secondary N) is 2. The molecule has 1 aliphatic rings. The molecule has 2 amide bonds. The molecule has 0 aromatic heterocycles. The van der Waals surface area contributed by atoms with E-state index in [0.29, 0.717) is 12.8 Å². The van der Waals surface area contributed by atoms with Gasteiger partial charge in [-0.3, -0.25) is 14.4 Å². The van der Waals surface area contributed by atoms with Gasteiger partial charge in [-0.15, -0.1) is 0 Å². The number of para-hydroxylation sites is 1. The minimum Gasteiger partial charge on any atom is -0.480 e. The second-order valence-electron chi connectivity index (χ2n) is 5.38. The molecule has 1 fully saturated rings. The summed E-state index contributed by atoms with van der Waals surface area (Å²) in [5, 5.41) is 14.1. The molecule has 1 aromatic rings. The number of benzene rings is 1. The van der Waals surface area contributed by atoms with Crippen LogP contribution in [0.5, 0.6) is 0 Å². The standard InChI is InChI=1S/C15H18N2O4/c1-9-4-3-5-10(2)12(9)17-11(18)8-16-13(19)15(6-7-15)14(20)21/h3-5H,6-8H2,1-2H3,(H,16,19)(H,17,18)(H,20,21). The normalized spacial score (nSPS) is 15.1. The molecule has 0 aliphatic heterocycles. The number of hydrogen-bond donors (Lipinski definition) is 3. The fourth-order valence-corrected chi connectivity index (χ4v) is 2.19. The number of hydrogen-bond acceptors (Lipinski definition) is 3. The summed E-state index contributed by atoms with van der Waals surface area (Å²) in [5.41, 5.74) is 1.26. The van der Waals surface area contributed by atoms with Gasteiger partial charge in [0.05, 0.1) is 6.54 Å². The Bertz CT molecular complexity index is 585. The number of rotatable bonds is 5. The van der Waals surface area contributed by atoms with Crippen LogP contribution in [-0.2, 0) is 14.4 Å². The van der Waals surface area contributed by atoms with Crippen LogP contribution >= 0.6 is 0 Å². The summed E-state index contributed by atoms with van der Waals surface area (Å²) in [7, 11) is 0. The molecular formula is C15H18N2O4. The van der Waals surface area contributed by atoms with Crippen LogP contribution in [-0.4, -0.2) is 29.4 Å². The van der Waals surface area contributed by atoms with Crippen LogP contribution in [0.15, 0.2) is 18.2 Å². The number of aryl methyl sites for hydroxylation is 2. The Balaban J connectivity index is 1.91. The van der Waals surface area contributed by atoms with Crippen LogP contribution in [0, 0.1) is 19.3 Å². The van der Waals surface area contributed by atoms with Gasteiger partial charge in [0.1, 0.15) is 5.41 Å². The van der Waals surface area contributed by atoms with Gasteiger partial charge < -0.3 is 15.7 Å². The Kier molecular flexibility index (Phi) is 3.97. The predicted molar refractivity (Wildman–Crippen MR) is 76.9 cm³/mol. The first kappa shape index (κ1) is 15.0. The number of anilines is 1. The first-order chi connectivity index (χ1) is 9.86. The van der Waals surface area contributed by atoms with Crippen molar-refractivity contribution in [2.24, 2.45) is 5.41 Å². The van der Waals surface area contributed by atoms with Crippen LogP contribution < -0.4 is 10.6 Å². The highest BCUT2D eigenvalue weighted by molar-refractivity contribution is 6.06. The fraction of sp³-hybridized carbons (Fsp3) is 0.400. The first-order valence-electron chi connectivity index (χ1n) is 6.74. The summed E-state index contributed by atoms with van der Waals surface area (Å²) in [6.45, 7) is 3.53. The third-order valence-electron chi connectivity index (χ3n) is 3.75. The van der Waals surface area contributed by atoms with E-state index in [4.69, 9.17) is 5.11 Å². The molecule has 0 saturated heterocycles. The van der Waals surface area contributed by atoms with E-state index in [9.17, 15) is 14.4 Å². The van der Waals surface area contributed by atoms with Gasteiger partial charge in [0.25, 0.3) is 0 Å². The van der Waals surface area contributed by atoms with Crippen molar-refractivity contribution in [2.75, 3.05) is 11.9 Å². The lowest BCUT2D eigenvalue weighted by molar-refractivity contribution is -0.149. The summed E-state index contributed by atoms with van der Waals surface area (Å²) in [4.78, 5) is 34.6. The molecule has 6 nitrogen and oxygen atoms in total. The van der Waals surface area contributed by atoms with Crippen molar-refractivity contribution >= 4 is 23.5 Å². The Hall–Kier alpha value is -2.37. The molecular weight excluding hydrogens is 272 g/mol. The molecule has 3 N–H and O–H groups in total. The van der Waals surface area contributed by atoms with Crippen LogP contribution in [0.4, 0.5) is 5.69 Å². The van der Waals surface area contributed by atoms with Crippen molar-refractivity contribution in [1.29, 1.82) is 0 Å². The molecule has 1 aliphatic carbocycles. The maximum absolute atomic E-state index is 11.9. The van der Waals surface area contributed by atoms with Crippen molar-refractivity contribution in [1.82, 2.24) is 5.32 Å². The summed E-state index contributed by atoms with van der Waals surface area (Å²) in [6.07, 6.45) is 0.652. The van der Waals surface area contributed by atoms with Crippen molar-refractivity contribution in [2.45, 2.75) is 26.7 Å². The quantitative estimate of drug-likeness (QED) is 0.711. The zero-order valence-corrected chi connectivity index (χ0v) is 12.0. The number of amides is 2. The van der Waals surface area contributed by atoms with E-state index in [2.05, 4.69) is 10.6 Å². The predicted octanol–water partition coefficient (Wildman–Crippen LogP) is 1.22. The van der Waals surface area contributed by atoms with Gasteiger partial charge in [-0.2, -0.15) is 0 Å². The van der Waals surface area contributed by atoms with Gasteiger partial charge in [0, 0.05) is 5.69 Å². The Morgan fingerprint density at radius 1 is 1.19 bits per heavy atom. The van der Waals surface area contributed by atoms with Crippen molar-refractivity contribution in [3.8, 4) is 0 Å². The number of aliphatic carboxylic acids is 1. The van der Waals surface area contributed by atoms with E-state index in [-0.39, 0.29) is 12.5 Å². The monoisotopic (exact) mass is 290 g/mol. The largest absolute Gasteiger partial charge is 0.480 e. The van der Waals surface area contributed by atoms with Crippen molar-refractivity contribution < 1.29 is 19.5 Å². The van der Waals surface area contributed by atoms with Gasteiger partial charge in [-0.05, 0) is 37.8 Å². The maximum Gasteiger partial charge on any atom is 0.319 e. The van der Waals surface area contributed by atoms with Crippen LogP contribution in [0.25, 0.3) is 0 Å². The zero-order valence-electron chi connectivity index (χ0n) is 12.0. The molecule has 2 rings (SSSR count). The summed E-state index contributed by atoms with van der Waals surface area (Å²) in [5.74, 6) is -2.09. The van der Waals surface area contributed by atoms with E-state index >= 15 is 0 Å². The molecule has 1 aromatic carbocycles. The van der Waals surface area contributed by atoms with E-state index < -0.39 is 17.3 Å². The number of carboxylic acid groups (broad SMARTS) is 1. The second-order valence-corrected chi connectivity index (χ2v) is 5.38. The lowest BCUT2D eigenvalue weighted by atomic mass is 10.1. The Morgan fingerprint density at radius 2 is 1.76 bits per heavy atom. The summed E-state index contributed by atoms with van der Waals surface area (Å²) >= 11 is 0. The van der Waals surface area contributed by atoms with E-state index in [1.807, 2.05) is 32.0 Å². The Labute approximate surface area is 122 Å². The van der Waals surface area contributed by atoms with Gasteiger partial charge >= 0.3 is 5.97 Å². The highest BCUT2D eigenvalue weighted by atomic mass is 16.4.